The Kier molecular flexibility index (Phi) is 8.95. The first kappa shape index (κ1) is 25.9. The van der Waals surface area contributed by atoms with Gasteiger partial charge in [-0.15, -0.1) is 0 Å². The van der Waals surface area contributed by atoms with Crippen molar-refractivity contribution in [1.82, 2.24) is 5.32 Å². The van der Waals surface area contributed by atoms with Gasteiger partial charge in [0.15, 0.2) is 5.50 Å². The summed E-state index contributed by atoms with van der Waals surface area (Å²) in [5.74, 6) is 0.698. The highest BCUT2D eigenvalue weighted by Crippen LogP contribution is 2.34. The summed E-state index contributed by atoms with van der Waals surface area (Å²) in [4.78, 5) is 13.2. The Bertz CT molecular complexity index is 1230. The predicted molar refractivity (Wildman–Crippen MR) is 160 cm³/mol. The largest absolute Gasteiger partial charge is 0.487 e. The van der Waals surface area contributed by atoms with E-state index in [-0.39, 0.29) is 11.4 Å². The molecule has 0 aliphatic carbocycles. The topological polar surface area (TPSA) is 50.4 Å². The van der Waals surface area contributed by atoms with E-state index >= 15 is 0 Å². The Labute approximate surface area is 240 Å². The molecule has 0 bridgehead atoms. The van der Waals surface area contributed by atoms with Crippen LogP contribution in [-0.4, -0.2) is 11.4 Å². The van der Waals surface area contributed by atoms with Gasteiger partial charge >= 0.3 is 0 Å². The molecule has 0 aromatic heterocycles. The van der Waals surface area contributed by atoms with E-state index in [1.165, 1.54) is 17.3 Å². The van der Waals surface area contributed by atoms with Gasteiger partial charge in [-0.1, -0.05) is 60.1 Å². The van der Waals surface area contributed by atoms with E-state index in [0.717, 1.165) is 36.1 Å². The van der Waals surface area contributed by atoms with Crippen molar-refractivity contribution in [3.63, 3.8) is 0 Å². The number of carbonyl (C=O) groups excluding carboxylic acids is 1. The van der Waals surface area contributed by atoms with Crippen molar-refractivity contribution in [1.29, 1.82) is 0 Å². The third kappa shape index (κ3) is 6.54. The number of aryl methyl sites for hydroxylation is 1. The molecule has 4 nitrogen and oxygen atoms in total. The van der Waals surface area contributed by atoms with E-state index in [0.29, 0.717) is 21.6 Å². The maximum atomic E-state index is 12.5. The van der Waals surface area contributed by atoms with Gasteiger partial charge in [-0.2, -0.15) is 0 Å². The van der Waals surface area contributed by atoms with Gasteiger partial charge in [0.05, 0.1) is 12.0 Å². The second kappa shape index (κ2) is 11.7. The number of benzene rings is 3. The van der Waals surface area contributed by atoms with Crippen LogP contribution in [0.25, 0.3) is 6.08 Å². The lowest BCUT2D eigenvalue weighted by Crippen LogP contribution is -2.30. The van der Waals surface area contributed by atoms with Crippen molar-refractivity contribution in [3.05, 3.63) is 93.4 Å². The summed E-state index contributed by atoms with van der Waals surface area (Å²) in [6.07, 6.45) is 2.91. The van der Waals surface area contributed by atoms with Crippen molar-refractivity contribution in [3.8, 4) is 5.75 Å². The number of hydrogen-bond acceptors (Lipinski definition) is 4. The zero-order valence-corrected chi connectivity index (χ0v) is 24.6. The molecular weight excluding hydrogens is 717 g/mol. The fourth-order valence-electron chi connectivity index (χ4n) is 3.29. The first-order valence-corrected chi connectivity index (χ1v) is 14.2. The number of carbonyl (C=O) groups is 1. The average Bonchev–Trinajstić information content (AvgIpc) is 3.13. The first-order valence-electron chi connectivity index (χ1n) is 10.4. The molecule has 34 heavy (non-hydrogen) atoms. The van der Waals surface area contributed by atoms with Gasteiger partial charge in [0, 0.05) is 21.3 Å². The van der Waals surface area contributed by atoms with E-state index in [4.69, 9.17) is 27.9 Å². The quantitative estimate of drug-likeness (QED) is 0.191. The van der Waals surface area contributed by atoms with Crippen molar-refractivity contribution in [2.45, 2.75) is 25.4 Å². The summed E-state index contributed by atoms with van der Waals surface area (Å²) in [5.41, 5.74) is 3.85. The molecule has 1 saturated heterocycles. The van der Waals surface area contributed by atoms with E-state index in [9.17, 15) is 4.79 Å². The molecular formula is C25H20Cl2I2N2O2S. The molecule has 3 aromatic rings. The molecule has 3 aromatic carbocycles. The fraction of sp³-hybridized carbons (Fsp3) is 0.160. The standard InChI is InChI=1S/C25H20Cl2I2N2O2S/c1-2-14-3-7-18(8-4-14)30-25-31-24(32)22(34-25)11-15-9-20(28)23(21(29)10-15)33-13-16-5-6-17(26)12-19(16)27/h3-12,25,30H,2,13H2,1H3,(H,31,32)/b22-11-/t25-/m0/s1. The lowest BCUT2D eigenvalue weighted by Gasteiger charge is -2.13. The SMILES string of the molecule is CCc1ccc(N[C@H]2NC(=O)/C(=C/c3cc(I)c(OCc4ccc(Cl)cc4Cl)c(I)c3)S2)cc1. The summed E-state index contributed by atoms with van der Waals surface area (Å²) in [7, 11) is 0. The number of amides is 1. The van der Waals surface area contributed by atoms with Gasteiger partial charge in [0.1, 0.15) is 12.4 Å². The Morgan fingerprint density at radius 2 is 1.79 bits per heavy atom. The molecule has 9 heteroatoms. The van der Waals surface area contributed by atoms with E-state index in [1.807, 2.05) is 36.4 Å². The zero-order valence-electron chi connectivity index (χ0n) is 18.0. The normalized spacial score (nSPS) is 16.6. The second-order valence-electron chi connectivity index (χ2n) is 7.51. The molecule has 0 unspecified atom stereocenters. The van der Waals surface area contributed by atoms with Gasteiger partial charge in [-0.25, -0.2) is 0 Å². The van der Waals surface area contributed by atoms with E-state index in [2.05, 4.69) is 74.9 Å². The van der Waals surface area contributed by atoms with Crippen LogP contribution in [0.3, 0.4) is 0 Å². The lowest BCUT2D eigenvalue weighted by atomic mass is 10.1. The van der Waals surface area contributed by atoms with E-state index < -0.39 is 0 Å². The molecule has 1 aliphatic heterocycles. The molecule has 2 N–H and O–H groups in total. The number of anilines is 1. The second-order valence-corrected chi connectivity index (χ2v) is 11.8. The van der Waals surface area contributed by atoms with Gasteiger partial charge in [0.25, 0.3) is 5.91 Å². The van der Waals surface area contributed by atoms with Crippen molar-refractivity contribution < 1.29 is 9.53 Å². The molecule has 176 valence electrons. The van der Waals surface area contributed by atoms with Crippen LogP contribution in [0, 0.1) is 7.14 Å². The number of halogens is 4. The molecule has 0 saturated carbocycles. The average molecular weight is 737 g/mol. The molecule has 1 fully saturated rings. The highest BCUT2D eigenvalue weighted by molar-refractivity contribution is 14.1. The number of hydrogen-bond donors (Lipinski definition) is 2. The monoisotopic (exact) mass is 736 g/mol. The Morgan fingerprint density at radius 3 is 2.44 bits per heavy atom. The van der Waals surface area contributed by atoms with Crippen LogP contribution in [0.1, 0.15) is 23.6 Å². The highest BCUT2D eigenvalue weighted by Gasteiger charge is 2.27. The molecule has 1 atom stereocenters. The van der Waals surface area contributed by atoms with Crippen LogP contribution >= 0.6 is 80.1 Å². The summed E-state index contributed by atoms with van der Waals surface area (Å²) < 4.78 is 7.97. The van der Waals surface area contributed by atoms with Crippen LogP contribution in [-0.2, 0) is 17.8 Å². The minimum absolute atomic E-state index is 0.0876. The fourth-order valence-corrected chi connectivity index (χ4v) is 6.87. The van der Waals surface area contributed by atoms with E-state index in [1.54, 1.807) is 12.1 Å². The minimum atomic E-state index is -0.212. The molecule has 1 heterocycles. The van der Waals surface area contributed by atoms with Gasteiger partial charge in [-0.3, -0.25) is 4.79 Å². The van der Waals surface area contributed by atoms with Crippen LogP contribution < -0.4 is 15.4 Å². The zero-order chi connectivity index (χ0) is 24.2. The van der Waals surface area contributed by atoms with Crippen LogP contribution in [0.5, 0.6) is 5.75 Å². The third-order valence-electron chi connectivity index (χ3n) is 5.10. The Hall–Kier alpha value is -1.14. The minimum Gasteiger partial charge on any atom is -0.487 e. The molecule has 0 radical (unpaired) electrons. The van der Waals surface area contributed by atoms with Gasteiger partial charge < -0.3 is 15.4 Å². The molecule has 1 aliphatic rings. The van der Waals surface area contributed by atoms with Gasteiger partial charge in [-0.05, 0) is 105 Å². The van der Waals surface area contributed by atoms with Crippen molar-refractivity contribution in [2.24, 2.45) is 0 Å². The number of rotatable bonds is 7. The predicted octanol–water partition coefficient (Wildman–Crippen LogP) is 7.94. The Morgan fingerprint density at radius 1 is 1.09 bits per heavy atom. The Balaban J connectivity index is 1.44. The maximum Gasteiger partial charge on any atom is 0.260 e. The van der Waals surface area contributed by atoms with Crippen LogP contribution in [0.15, 0.2) is 59.5 Å². The number of thioether (sulfide) groups is 1. The smallest absolute Gasteiger partial charge is 0.260 e. The molecule has 1 amide bonds. The number of nitrogens with one attached hydrogen (secondary N) is 2. The van der Waals surface area contributed by atoms with Crippen LogP contribution in [0.2, 0.25) is 10.0 Å². The first-order chi connectivity index (χ1) is 16.3. The highest BCUT2D eigenvalue weighted by atomic mass is 127. The summed E-state index contributed by atoms with van der Waals surface area (Å²) >= 11 is 18.2. The van der Waals surface area contributed by atoms with Crippen molar-refractivity contribution in [2.75, 3.05) is 5.32 Å². The van der Waals surface area contributed by atoms with Crippen molar-refractivity contribution >= 4 is 97.8 Å². The maximum absolute atomic E-state index is 12.5. The summed E-state index contributed by atoms with van der Waals surface area (Å²) in [5, 5.41) is 7.51. The molecule has 4 rings (SSSR count). The van der Waals surface area contributed by atoms with Crippen LogP contribution in [0.4, 0.5) is 5.69 Å². The number of ether oxygens (including phenoxy) is 1. The summed E-state index contributed by atoms with van der Waals surface area (Å²) in [6.45, 7) is 2.47. The summed E-state index contributed by atoms with van der Waals surface area (Å²) in [6, 6.07) is 17.6. The third-order valence-corrected chi connectivity index (χ3v) is 8.31. The van der Waals surface area contributed by atoms with Gasteiger partial charge in [0.2, 0.25) is 0 Å². The molecule has 0 spiro atoms. The lowest BCUT2D eigenvalue weighted by molar-refractivity contribution is -0.116.